The number of sulfonamides is 1. The van der Waals surface area contributed by atoms with E-state index in [0.717, 1.165) is 11.1 Å². The molecule has 0 bridgehead atoms. The van der Waals surface area contributed by atoms with Gasteiger partial charge in [-0.2, -0.15) is 5.10 Å². The summed E-state index contributed by atoms with van der Waals surface area (Å²) in [6.07, 6.45) is 6.61. The molecule has 2 aromatic rings. The summed E-state index contributed by atoms with van der Waals surface area (Å²) in [6.45, 7) is 2.61. The predicted molar refractivity (Wildman–Crippen MR) is 76.9 cm³/mol. The monoisotopic (exact) mass is 310 g/mol. The highest BCUT2D eigenvalue weighted by Crippen LogP contribution is 2.10. The van der Waals surface area contributed by atoms with E-state index in [1.807, 2.05) is 6.92 Å². The molecule has 0 unspecified atom stereocenters. The number of nitrogens with zero attached hydrogens (tertiary/aromatic N) is 3. The van der Waals surface area contributed by atoms with Crippen molar-refractivity contribution in [3.63, 3.8) is 0 Å². The van der Waals surface area contributed by atoms with Crippen LogP contribution < -0.4 is 4.72 Å². The predicted octanol–water partition coefficient (Wildman–Crippen LogP) is 0.447. The fourth-order valence-corrected chi connectivity index (χ4v) is 2.75. The third-order valence-corrected chi connectivity index (χ3v) is 4.41. The Labute approximate surface area is 123 Å². The molecular weight excluding hydrogens is 292 g/mol. The third kappa shape index (κ3) is 4.10. The molecule has 0 aliphatic rings. The first-order chi connectivity index (χ1) is 10.0. The van der Waals surface area contributed by atoms with Crippen LogP contribution in [0.25, 0.3) is 0 Å². The van der Waals surface area contributed by atoms with Crippen molar-refractivity contribution in [3.8, 4) is 0 Å². The number of hydrogen-bond acceptors (Lipinski definition) is 5. The van der Waals surface area contributed by atoms with Crippen molar-refractivity contribution in [2.45, 2.75) is 31.3 Å². The summed E-state index contributed by atoms with van der Waals surface area (Å²) in [5.74, 6) is 0. The SMILES string of the molecule is Cc1cnccc1CNS(=O)(=O)c1cnn(CCCO)c1. The lowest BCUT2D eigenvalue weighted by Gasteiger charge is -2.07. The van der Waals surface area contributed by atoms with Crippen LogP contribution in [0, 0.1) is 6.92 Å². The number of aliphatic hydroxyl groups excluding tert-OH is 1. The van der Waals surface area contributed by atoms with Crippen molar-refractivity contribution in [1.29, 1.82) is 0 Å². The smallest absolute Gasteiger partial charge is 0.243 e. The molecule has 2 heterocycles. The second kappa shape index (κ2) is 6.79. The van der Waals surface area contributed by atoms with Crippen LogP contribution in [0.2, 0.25) is 0 Å². The molecule has 0 aliphatic carbocycles. The summed E-state index contributed by atoms with van der Waals surface area (Å²) < 4.78 is 28.4. The van der Waals surface area contributed by atoms with Crippen LogP contribution in [0.5, 0.6) is 0 Å². The van der Waals surface area contributed by atoms with E-state index in [2.05, 4.69) is 14.8 Å². The maximum atomic E-state index is 12.2. The van der Waals surface area contributed by atoms with E-state index in [4.69, 9.17) is 5.11 Å². The first kappa shape index (κ1) is 15.6. The molecule has 0 radical (unpaired) electrons. The Bertz CT molecular complexity index is 697. The maximum Gasteiger partial charge on any atom is 0.243 e. The first-order valence-corrected chi connectivity index (χ1v) is 8.04. The van der Waals surface area contributed by atoms with Gasteiger partial charge in [0.15, 0.2) is 0 Å². The number of nitrogens with one attached hydrogen (secondary N) is 1. The maximum absolute atomic E-state index is 12.2. The van der Waals surface area contributed by atoms with Crippen LogP contribution in [-0.2, 0) is 23.1 Å². The largest absolute Gasteiger partial charge is 0.396 e. The van der Waals surface area contributed by atoms with Crippen LogP contribution in [-0.4, -0.2) is 34.9 Å². The molecular formula is C13H18N4O3S. The topological polar surface area (TPSA) is 97.1 Å². The van der Waals surface area contributed by atoms with Gasteiger partial charge in [0.25, 0.3) is 0 Å². The molecule has 21 heavy (non-hydrogen) atoms. The molecule has 8 heteroatoms. The van der Waals surface area contributed by atoms with E-state index >= 15 is 0 Å². The van der Waals surface area contributed by atoms with E-state index in [9.17, 15) is 8.42 Å². The number of aromatic nitrogens is 3. The Hall–Kier alpha value is -1.77. The fourth-order valence-electron chi connectivity index (χ4n) is 1.80. The summed E-state index contributed by atoms with van der Waals surface area (Å²) >= 11 is 0. The number of rotatable bonds is 7. The lowest BCUT2D eigenvalue weighted by Crippen LogP contribution is -2.23. The van der Waals surface area contributed by atoms with Crippen molar-refractivity contribution in [2.24, 2.45) is 0 Å². The summed E-state index contributed by atoms with van der Waals surface area (Å²) in [5, 5.41) is 12.7. The van der Waals surface area contributed by atoms with E-state index in [1.54, 1.807) is 18.5 Å². The fraction of sp³-hybridized carbons (Fsp3) is 0.385. The van der Waals surface area contributed by atoms with Gasteiger partial charge in [-0.25, -0.2) is 13.1 Å². The van der Waals surface area contributed by atoms with Gasteiger partial charge in [-0.05, 0) is 30.5 Å². The van der Waals surface area contributed by atoms with Gasteiger partial charge < -0.3 is 5.11 Å². The Morgan fingerprint density at radius 2 is 2.19 bits per heavy atom. The average Bonchev–Trinajstić information content (AvgIpc) is 2.94. The zero-order valence-corrected chi connectivity index (χ0v) is 12.5. The van der Waals surface area contributed by atoms with Gasteiger partial charge in [-0.1, -0.05) is 0 Å². The Morgan fingerprint density at radius 1 is 1.38 bits per heavy atom. The molecule has 0 aromatic carbocycles. The average molecular weight is 310 g/mol. The normalized spacial score (nSPS) is 11.7. The summed E-state index contributed by atoms with van der Waals surface area (Å²) in [5.41, 5.74) is 1.81. The van der Waals surface area contributed by atoms with Crippen LogP contribution in [0.3, 0.4) is 0 Å². The van der Waals surface area contributed by atoms with Crippen molar-refractivity contribution in [3.05, 3.63) is 42.0 Å². The van der Waals surface area contributed by atoms with E-state index in [-0.39, 0.29) is 18.0 Å². The third-order valence-electron chi connectivity index (χ3n) is 3.05. The molecule has 0 saturated heterocycles. The quantitative estimate of drug-likeness (QED) is 0.774. The van der Waals surface area contributed by atoms with E-state index in [1.165, 1.54) is 17.1 Å². The minimum Gasteiger partial charge on any atom is -0.396 e. The molecule has 0 fully saturated rings. The van der Waals surface area contributed by atoms with Crippen molar-refractivity contribution >= 4 is 10.0 Å². The Kier molecular flexibility index (Phi) is 5.05. The number of aliphatic hydroxyl groups is 1. The van der Waals surface area contributed by atoms with Gasteiger partial charge in [-0.15, -0.1) is 0 Å². The van der Waals surface area contributed by atoms with Gasteiger partial charge in [-0.3, -0.25) is 9.67 Å². The van der Waals surface area contributed by atoms with Crippen LogP contribution in [0.15, 0.2) is 35.7 Å². The van der Waals surface area contributed by atoms with Gasteiger partial charge in [0.2, 0.25) is 10.0 Å². The zero-order chi connectivity index (χ0) is 15.3. The molecule has 0 saturated carbocycles. The summed E-state index contributed by atoms with van der Waals surface area (Å²) in [6, 6.07) is 1.78. The molecule has 2 aromatic heterocycles. The second-order valence-electron chi connectivity index (χ2n) is 4.64. The first-order valence-electron chi connectivity index (χ1n) is 6.55. The number of pyridine rings is 1. The van der Waals surface area contributed by atoms with E-state index < -0.39 is 10.0 Å². The van der Waals surface area contributed by atoms with Crippen LogP contribution in [0.1, 0.15) is 17.5 Å². The molecule has 0 amide bonds. The minimum atomic E-state index is -3.60. The Balaban J connectivity index is 2.05. The molecule has 2 N–H and O–H groups in total. The molecule has 2 rings (SSSR count). The lowest BCUT2D eigenvalue weighted by molar-refractivity contribution is 0.277. The molecule has 0 atom stereocenters. The lowest BCUT2D eigenvalue weighted by atomic mass is 10.2. The molecule has 0 spiro atoms. The van der Waals surface area contributed by atoms with Crippen molar-refractivity contribution in [1.82, 2.24) is 19.5 Å². The zero-order valence-electron chi connectivity index (χ0n) is 11.7. The minimum absolute atomic E-state index is 0.0432. The molecule has 0 aliphatic heterocycles. The standard InChI is InChI=1S/C13H18N4O3S/c1-11-7-14-4-3-12(11)8-16-21(19,20)13-9-15-17(10-13)5-2-6-18/h3-4,7,9-10,16,18H,2,5-6,8H2,1H3. The summed E-state index contributed by atoms with van der Waals surface area (Å²) in [7, 11) is -3.60. The summed E-state index contributed by atoms with van der Waals surface area (Å²) in [4.78, 5) is 4.09. The number of hydrogen-bond donors (Lipinski definition) is 2. The van der Waals surface area contributed by atoms with Gasteiger partial charge in [0, 0.05) is 38.3 Å². The van der Waals surface area contributed by atoms with Gasteiger partial charge in [0.1, 0.15) is 4.90 Å². The van der Waals surface area contributed by atoms with E-state index in [0.29, 0.717) is 13.0 Å². The number of aryl methyl sites for hydroxylation is 2. The highest BCUT2D eigenvalue weighted by Gasteiger charge is 2.16. The molecule has 114 valence electrons. The van der Waals surface area contributed by atoms with Gasteiger partial charge >= 0.3 is 0 Å². The highest BCUT2D eigenvalue weighted by molar-refractivity contribution is 7.89. The van der Waals surface area contributed by atoms with Crippen molar-refractivity contribution in [2.75, 3.05) is 6.61 Å². The highest BCUT2D eigenvalue weighted by atomic mass is 32.2. The van der Waals surface area contributed by atoms with Crippen LogP contribution in [0.4, 0.5) is 0 Å². The van der Waals surface area contributed by atoms with Crippen molar-refractivity contribution < 1.29 is 13.5 Å². The van der Waals surface area contributed by atoms with Gasteiger partial charge in [0.05, 0.1) is 6.20 Å². The second-order valence-corrected chi connectivity index (χ2v) is 6.41. The Morgan fingerprint density at radius 3 is 2.90 bits per heavy atom. The molecule has 7 nitrogen and oxygen atoms in total. The van der Waals surface area contributed by atoms with Crippen LogP contribution >= 0.6 is 0 Å².